The highest BCUT2D eigenvalue weighted by Crippen LogP contribution is 2.25. The molecule has 2 aromatic carbocycles. The van der Waals surface area contributed by atoms with E-state index in [1.807, 2.05) is 6.07 Å². The molecule has 6 heteroatoms. The summed E-state index contributed by atoms with van der Waals surface area (Å²) < 4.78 is 10.4. The summed E-state index contributed by atoms with van der Waals surface area (Å²) in [4.78, 5) is 23.7. The molecule has 0 unspecified atom stereocenters. The lowest BCUT2D eigenvalue weighted by Gasteiger charge is -2.12. The van der Waals surface area contributed by atoms with Gasteiger partial charge in [-0.3, -0.25) is 0 Å². The van der Waals surface area contributed by atoms with E-state index in [4.69, 9.17) is 9.47 Å². The van der Waals surface area contributed by atoms with Crippen molar-refractivity contribution in [3.8, 4) is 5.75 Å². The molecule has 0 fully saturated rings. The molecule has 26 heavy (non-hydrogen) atoms. The zero-order chi connectivity index (χ0) is 18.4. The number of benzene rings is 2. The van der Waals surface area contributed by atoms with Gasteiger partial charge in [0.1, 0.15) is 12.4 Å². The Kier molecular flexibility index (Phi) is 5.73. The fourth-order valence-corrected chi connectivity index (χ4v) is 3.02. The number of aryl methyl sites for hydroxylation is 2. The van der Waals surface area contributed by atoms with Crippen LogP contribution in [0.25, 0.3) is 0 Å². The Hall–Kier alpha value is -3.02. The van der Waals surface area contributed by atoms with Gasteiger partial charge in [0.25, 0.3) is 0 Å². The molecule has 136 valence electrons. The van der Waals surface area contributed by atoms with Gasteiger partial charge in [-0.05, 0) is 54.7 Å². The number of fused-ring (bicyclic) bond motifs is 1. The number of carbonyl (C=O) groups excluding carboxylic acids is 2. The number of ether oxygens (including phenoxy) is 2. The van der Waals surface area contributed by atoms with Gasteiger partial charge < -0.3 is 20.1 Å². The second-order valence-corrected chi connectivity index (χ2v) is 6.05. The summed E-state index contributed by atoms with van der Waals surface area (Å²) >= 11 is 0. The van der Waals surface area contributed by atoms with Crippen LogP contribution in [0.15, 0.2) is 42.5 Å². The molecule has 1 aliphatic carbocycles. The van der Waals surface area contributed by atoms with Gasteiger partial charge in [-0.2, -0.15) is 0 Å². The number of esters is 1. The Labute approximate surface area is 152 Å². The van der Waals surface area contributed by atoms with Crippen molar-refractivity contribution in [1.82, 2.24) is 5.32 Å². The number of para-hydroxylation sites is 1. The highest BCUT2D eigenvalue weighted by Gasteiger charge is 2.13. The minimum atomic E-state index is -0.499. The van der Waals surface area contributed by atoms with Gasteiger partial charge in [0.15, 0.2) is 0 Å². The summed E-state index contributed by atoms with van der Waals surface area (Å²) in [6.45, 7) is 0.716. The van der Waals surface area contributed by atoms with Gasteiger partial charge in [0, 0.05) is 0 Å². The van der Waals surface area contributed by atoms with Crippen molar-refractivity contribution in [2.24, 2.45) is 0 Å². The van der Waals surface area contributed by atoms with Crippen molar-refractivity contribution in [1.29, 1.82) is 0 Å². The van der Waals surface area contributed by atoms with Crippen LogP contribution in [0.3, 0.4) is 0 Å². The van der Waals surface area contributed by atoms with E-state index < -0.39 is 12.0 Å². The molecule has 2 N–H and O–H groups in total. The largest absolute Gasteiger partial charge is 0.492 e. The Bertz CT molecular complexity index is 804. The number of anilines is 1. The number of rotatable bonds is 6. The first-order valence-corrected chi connectivity index (χ1v) is 8.64. The van der Waals surface area contributed by atoms with Crippen molar-refractivity contribution in [2.75, 3.05) is 25.6 Å². The van der Waals surface area contributed by atoms with Crippen LogP contribution < -0.4 is 15.4 Å². The normalized spacial score (nSPS) is 12.2. The van der Waals surface area contributed by atoms with E-state index in [9.17, 15) is 9.59 Å². The lowest BCUT2D eigenvalue weighted by molar-refractivity contribution is 0.0602. The number of methoxy groups -OCH3 is 1. The van der Waals surface area contributed by atoms with Crippen LogP contribution in [0.4, 0.5) is 10.5 Å². The molecule has 0 radical (unpaired) electrons. The monoisotopic (exact) mass is 354 g/mol. The van der Waals surface area contributed by atoms with Crippen LogP contribution in [0.1, 0.15) is 27.9 Å². The molecule has 2 aromatic rings. The molecule has 0 aromatic heterocycles. The number of hydrogen-bond acceptors (Lipinski definition) is 4. The first kappa shape index (κ1) is 17.8. The first-order chi connectivity index (χ1) is 12.7. The molecule has 6 nitrogen and oxygen atoms in total. The van der Waals surface area contributed by atoms with Gasteiger partial charge in [0.05, 0.1) is 24.9 Å². The van der Waals surface area contributed by atoms with Crippen molar-refractivity contribution in [3.63, 3.8) is 0 Å². The van der Waals surface area contributed by atoms with Gasteiger partial charge in [0.2, 0.25) is 0 Å². The lowest BCUT2D eigenvalue weighted by atomic mass is 10.1. The average Bonchev–Trinajstić information content (AvgIpc) is 3.13. The quantitative estimate of drug-likeness (QED) is 0.617. The predicted octanol–water partition coefficient (Wildman–Crippen LogP) is 3.16. The molecule has 3 rings (SSSR count). The molecule has 0 spiro atoms. The van der Waals surface area contributed by atoms with Crippen LogP contribution >= 0.6 is 0 Å². The molecular weight excluding hydrogens is 332 g/mol. The fraction of sp³-hybridized carbons (Fsp3) is 0.300. The maximum Gasteiger partial charge on any atom is 0.339 e. The molecule has 0 heterocycles. The molecule has 0 saturated heterocycles. The van der Waals surface area contributed by atoms with Gasteiger partial charge in [-0.15, -0.1) is 0 Å². The third-order valence-corrected chi connectivity index (χ3v) is 4.31. The van der Waals surface area contributed by atoms with E-state index in [2.05, 4.69) is 22.8 Å². The first-order valence-electron chi connectivity index (χ1n) is 8.64. The summed E-state index contributed by atoms with van der Waals surface area (Å²) in [5.41, 5.74) is 3.46. The highest BCUT2D eigenvalue weighted by molar-refractivity contribution is 6.00. The minimum absolute atomic E-state index is 0.305. The number of nitrogens with one attached hydrogen (secondary N) is 2. The van der Waals surface area contributed by atoms with Crippen LogP contribution in [0, 0.1) is 0 Å². The fourth-order valence-electron chi connectivity index (χ4n) is 3.02. The lowest BCUT2D eigenvalue weighted by Crippen LogP contribution is -2.32. The summed E-state index contributed by atoms with van der Waals surface area (Å²) in [7, 11) is 1.30. The molecule has 1 aliphatic rings. The zero-order valence-electron chi connectivity index (χ0n) is 14.7. The van der Waals surface area contributed by atoms with E-state index in [1.165, 1.54) is 24.7 Å². The number of amides is 2. The highest BCUT2D eigenvalue weighted by atomic mass is 16.5. The number of carbonyl (C=O) groups is 2. The van der Waals surface area contributed by atoms with E-state index >= 15 is 0 Å². The molecular formula is C20H22N2O4. The Balaban J connectivity index is 1.46. The zero-order valence-corrected chi connectivity index (χ0v) is 14.7. The third kappa shape index (κ3) is 4.33. The van der Waals surface area contributed by atoms with Crippen LogP contribution in [-0.4, -0.2) is 32.3 Å². The maximum atomic E-state index is 12.0. The summed E-state index contributed by atoms with van der Waals surface area (Å²) in [5.74, 6) is 0.324. The van der Waals surface area contributed by atoms with E-state index in [0.29, 0.717) is 24.4 Å². The predicted molar refractivity (Wildman–Crippen MR) is 98.8 cm³/mol. The Morgan fingerprint density at radius 2 is 1.88 bits per heavy atom. The van der Waals surface area contributed by atoms with Crippen molar-refractivity contribution in [2.45, 2.75) is 19.3 Å². The van der Waals surface area contributed by atoms with Crippen molar-refractivity contribution < 1.29 is 19.1 Å². The summed E-state index contributed by atoms with van der Waals surface area (Å²) in [6, 6.07) is 12.4. The van der Waals surface area contributed by atoms with Gasteiger partial charge >= 0.3 is 12.0 Å². The second-order valence-electron chi connectivity index (χ2n) is 6.05. The SMILES string of the molecule is COC(=O)c1ccccc1NC(=O)NCCOc1ccc2c(c1)CCC2. The van der Waals surface area contributed by atoms with Gasteiger partial charge in [-0.25, -0.2) is 9.59 Å². The maximum absolute atomic E-state index is 12.0. The summed E-state index contributed by atoms with van der Waals surface area (Å²) in [5, 5.41) is 5.36. The van der Waals surface area contributed by atoms with Crippen LogP contribution in [-0.2, 0) is 17.6 Å². The number of urea groups is 1. The smallest absolute Gasteiger partial charge is 0.339 e. The van der Waals surface area contributed by atoms with Crippen molar-refractivity contribution >= 4 is 17.7 Å². The third-order valence-electron chi connectivity index (χ3n) is 4.31. The van der Waals surface area contributed by atoms with E-state index in [-0.39, 0.29) is 0 Å². The Morgan fingerprint density at radius 3 is 2.73 bits per heavy atom. The molecule has 0 saturated carbocycles. The topological polar surface area (TPSA) is 76.7 Å². The van der Waals surface area contributed by atoms with E-state index in [1.54, 1.807) is 24.3 Å². The standard InChI is InChI=1S/C20H22N2O4/c1-25-19(23)17-7-2-3-8-18(17)22-20(24)21-11-12-26-16-10-9-14-5-4-6-15(14)13-16/h2-3,7-10,13H,4-6,11-12H2,1H3,(H2,21,22,24). The van der Waals surface area contributed by atoms with Crippen LogP contribution in [0.2, 0.25) is 0 Å². The Morgan fingerprint density at radius 1 is 1.08 bits per heavy atom. The molecule has 0 aliphatic heterocycles. The molecule has 0 atom stereocenters. The number of hydrogen-bond donors (Lipinski definition) is 2. The second kappa shape index (κ2) is 8.38. The summed E-state index contributed by atoms with van der Waals surface area (Å²) in [6.07, 6.45) is 3.45. The van der Waals surface area contributed by atoms with Crippen LogP contribution in [0.5, 0.6) is 5.75 Å². The van der Waals surface area contributed by atoms with E-state index in [0.717, 1.165) is 18.6 Å². The minimum Gasteiger partial charge on any atom is -0.492 e. The molecule has 2 amide bonds. The van der Waals surface area contributed by atoms with Crippen molar-refractivity contribution in [3.05, 3.63) is 59.2 Å². The van der Waals surface area contributed by atoms with Gasteiger partial charge in [-0.1, -0.05) is 18.2 Å². The average molecular weight is 354 g/mol. The molecule has 0 bridgehead atoms.